The van der Waals surface area contributed by atoms with Crippen LogP contribution in [0.2, 0.25) is 0 Å². The highest BCUT2D eigenvalue weighted by Gasteiger charge is 2.25. The molecule has 2 N–H and O–H groups in total. The number of aliphatic hydroxyl groups is 1. The van der Waals surface area contributed by atoms with Gasteiger partial charge in [-0.2, -0.15) is 0 Å². The predicted molar refractivity (Wildman–Crippen MR) is 82.7 cm³/mol. The molecule has 1 aromatic heterocycles. The van der Waals surface area contributed by atoms with Crippen LogP contribution in [-0.2, 0) is 11.2 Å². The van der Waals surface area contributed by atoms with Crippen molar-refractivity contribution in [2.45, 2.75) is 18.9 Å². The zero-order valence-corrected chi connectivity index (χ0v) is 14.0. The van der Waals surface area contributed by atoms with E-state index in [2.05, 4.69) is 10.5 Å². The fourth-order valence-electron chi connectivity index (χ4n) is 2.72. The Balaban J connectivity index is 1.66. The first-order valence-corrected chi connectivity index (χ1v) is 8.19. The van der Waals surface area contributed by atoms with Crippen molar-refractivity contribution < 1.29 is 36.7 Å². The molecule has 1 saturated heterocycles. The average Bonchev–Trinajstić information content (AvgIpc) is 3.33. The molecule has 146 valence electrons. The molecule has 0 spiro atoms. The molecule has 0 saturated carbocycles. The summed E-state index contributed by atoms with van der Waals surface area (Å²) in [4.78, 5) is 12.0. The van der Waals surface area contributed by atoms with E-state index in [1.807, 2.05) is 0 Å². The summed E-state index contributed by atoms with van der Waals surface area (Å²) in [7, 11) is 0. The van der Waals surface area contributed by atoms with Crippen LogP contribution in [0.15, 0.2) is 16.7 Å². The van der Waals surface area contributed by atoms with Crippen LogP contribution in [0.25, 0.3) is 0 Å². The van der Waals surface area contributed by atoms with E-state index in [9.17, 15) is 27.5 Å². The van der Waals surface area contributed by atoms with Gasteiger partial charge in [0.15, 0.2) is 34.7 Å². The second kappa shape index (κ2) is 8.05. The summed E-state index contributed by atoms with van der Waals surface area (Å²) >= 11 is 0. The van der Waals surface area contributed by atoms with Crippen LogP contribution >= 0.6 is 0 Å². The van der Waals surface area contributed by atoms with Gasteiger partial charge < -0.3 is 19.7 Å². The summed E-state index contributed by atoms with van der Waals surface area (Å²) < 4.78 is 63.8. The Kier molecular flexibility index (Phi) is 5.76. The second-order valence-corrected chi connectivity index (χ2v) is 6.22. The molecule has 1 amide bonds. The number of amides is 1. The second-order valence-electron chi connectivity index (χ2n) is 6.22. The van der Waals surface area contributed by atoms with E-state index in [0.717, 1.165) is 12.5 Å². The fourth-order valence-corrected chi connectivity index (χ4v) is 2.72. The number of rotatable bonds is 6. The molecule has 1 fully saturated rings. The summed E-state index contributed by atoms with van der Waals surface area (Å²) in [6.07, 6.45) is -1.64. The number of aromatic nitrogens is 1. The third-order valence-electron chi connectivity index (χ3n) is 4.26. The number of hydrogen-bond donors (Lipinski definition) is 2. The first-order valence-electron chi connectivity index (χ1n) is 8.19. The topological polar surface area (TPSA) is 84.6 Å². The summed E-state index contributed by atoms with van der Waals surface area (Å²) in [5.41, 5.74) is -1.11. The van der Waals surface area contributed by atoms with Gasteiger partial charge in [-0.3, -0.25) is 4.79 Å². The van der Waals surface area contributed by atoms with Crippen molar-refractivity contribution in [3.63, 3.8) is 0 Å². The molecule has 6 nitrogen and oxygen atoms in total. The molecule has 27 heavy (non-hydrogen) atoms. The molecule has 2 unspecified atom stereocenters. The first kappa shape index (κ1) is 19.3. The lowest BCUT2D eigenvalue weighted by Gasteiger charge is -2.10. The van der Waals surface area contributed by atoms with Crippen molar-refractivity contribution >= 4 is 5.91 Å². The standard InChI is InChI=1S/C17H16F4N2O4/c18-10-4-11(19)16(21)9(15(10)20)3-13(24)14-5-12(23-27-14)17(25)22-6-8-1-2-26-7-8/h4-5,8,13,24H,1-3,6-7H2,(H,22,25). The van der Waals surface area contributed by atoms with E-state index in [1.54, 1.807) is 0 Å². The molecular weight excluding hydrogens is 372 g/mol. The normalized spacial score (nSPS) is 17.9. The van der Waals surface area contributed by atoms with Gasteiger partial charge in [-0.15, -0.1) is 0 Å². The van der Waals surface area contributed by atoms with Gasteiger partial charge >= 0.3 is 0 Å². The first-order chi connectivity index (χ1) is 12.9. The number of ether oxygens (including phenoxy) is 1. The third-order valence-corrected chi connectivity index (χ3v) is 4.26. The van der Waals surface area contributed by atoms with Crippen molar-refractivity contribution in [1.82, 2.24) is 10.5 Å². The van der Waals surface area contributed by atoms with Crippen LogP contribution in [0.5, 0.6) is 0 Å². The fraction of sp³-hybridized carbons (Fsp3) is 0.412. The lowest BCUT2D eigenvalue weighted by Crippen LogP contribution is -2.29. The van der Waals surface area contributed by atoms with Gasteiger partial charge in [0.1, 0.15) is 6.10 Å². The van der Waals surface area contributed by atoms with Crippen molar-refractivity contribution in [2.75, 3.05) is 19.8 Å². The number of benzene rings is 1. The van der Waals surface area contributed by atoms with E-state index in [1.165, 1.54) is 0 Å². The van der Waals surface area contributed by atoms with Gasteiger partial charge in [0.2, 0.25) is 0 Å². The molecule has 0 radical (unpaired) electrons. The molecule has 0 aliphatic carbocycles. The van der Waals surface area contributed by atoms with Crippen LogP contribution in [0, 0.1) is 29.2 Å². The minimum absolute atomic E-state index is 0.0762. The van der Waals surface area contributed by atoms with Crippen molar-refractivity contribution in [3.8, 4) is 0 Å². The molecule has 1 aliphatic rings. The monoisotopic (exact) mass is 388 g/mol. The number of nitrogens with one attached hydrogen (secondary N) is 1. The van der Waals surface area contributed by atoms with Gasteiger partial charge in [-0.25, -0.2) is 17.6 Å². The van der Waals surface area contributed by atoms with Crippen LogP contribution < -0.4 is 5.32 Å². The van der Waals surface area contributed by atoms with Crippen LogP contribution in [0.4, 0.5) is 17.6 Å². The zero-order valence-electron chi connectivity index (χ0n) is 14.0. The lowest BCUT2D eigenvalue weighted by atomic mass is 10.0. The van der Waals surface area contributed by atoms with E-state index < -0.39 is 47.3 Å². The zero-order chi connectivity index (χ0) is 19.6. The van der Waals surface area contributed by atoms with Gasteiger partial charge in [0, 0.05) is 43.2 Å². The number of nitrogens with zero attached hydrogens (tertiary/aromatic N) is 1. The third kappa shape index (κ3) is 4.28. The number of hydrogen-bond acceptors (Lipinski definition) is 5. The summed E-state index contributed by atoms with van der Waals surface area (Å²) in [5.74, 6) is -7.01. The Bertz CT molecular complexity index is 810. The maximum atomic E-state index is 13.7. The quantitative estimate of drug-likeness (QED) is 0.586. The molecule has 2 heterocycles. The molecule has 2 aromatic rings. The van der Waals surface area contributed by atoms with E-state index in [-0.39, 0.29) is 23.4 Å². The molecule has 2 atom stereocenters. The van der Waals surface area contributed by atoms with Crippen molar-refractivity contribution in [2.24, 2.45) is 5.92 Å². The Morgan fingerprint density at radius 2 is 1.96 bits per heavy atom. The van der Waals surface area contributed by atoms with Gasteiger partial charge in [0.05, 0.1) is 6.61 Å². The number of carbonyl (C=O) groups excluding carboxylic acids is 1. The van der Waals surface area contributed by atoms with Crippen LogP contribution in [-0.4, -0.2) is 35.9 Å². The Morgan fingerprint density at radius 1 is 1.26 bits per heavy atom. The van der Waals surface area contributed by atoms with Crippen LogP contribution in [0.1, 0.15) is 34.3 Å². The van der Waals surface area contributed by atoms with Gasteiger partial charge in [0.25, 0.3) is 5.91 Å². The summed E-state index contributed by atoms with van der Waals surface area (Å²) in [6.45, 7) is 1.56. The molecule has 1 aromatic carbocycles. The maximum Gasteiger partial charge on any atom is 0.273 e. The number of carbonyl (C=O) groups is 1. The lowest BCUT2D eigenvalue weighted by molar-refractivity contribution is 0.0934. The summed E-state index contributed by atoms with van der Waals surface area (Å²) in [6, 6.07) is 1.17. The van der Waals surface area contributed by atoms with Crippen LogP contribution in [0.3, 0.4) is 0 Å². The molecule has 0 bridgehead atoms. The number of halogens is 4. The molecule has 3 rings (SSSR count). The Morgan fingerprint density at radius 3 is 2.59 bits per heavy atom. The van der Waals surface area contributed by atoms with Crippen molar-refractivity contribution in [3.05, 3.63) is 52.4 Å². The minimum atomic E-state index is -1.66. The van der Waals surface area contributed by atoms with Crippen molar-refractivity contribution in [1.29, 1.82) is 0 Å². The predicted octanol–water partition coefficient (Wildman–Crippen LogP) is 2.27. The molecular formula is C17H16F4N2O4. The number of aliphatic hydroxyl groups excluding tert-OH is 1. The Hall–Kier alpha value is -2.46. The summed E-state index contributed by atoms with van der Waals surface area (Å²) in [5, 5.41) is 16.2. The Labute approximate surface area is 151 Å². The van der Waals surface area contributed by atoms with Gasteiger partial charge in [-0.05, 0) is 6.42 Å². The largest absolute Gasteiger partial charge is 0.385 e. The van der Waals surface area contributed by atoms with Gasteiger partial charge in [-0.1, -0.05) is 5.16 Å². The van der Waals surface area contributed by atoms with E-state index in [4.69, 9.17) is 9.26 Å². The maximum absolute atomic E-state index is 13.7. The molecule has 1 aliphatic heterocycles. The highest BCUT2D eigenvalue weighted by Crippen LogP contribution is 2.26. The minimum Gasteiger partial charge on any atom is -0.385 e. The molecule has 10 heteroatoms. The van der Waals surface area contributed by atoms with E-state index in [0.29, 0.717) is 19.8 Å². The van der Waals surface area contributed by atoms with E-state index >= 15 is 0 Å². The highest BCUT2D eigenvalue weighted by molar-refractivity contribution is 5.92. The smallest absolute Gasteiger partial charge is 0.273 e. The SMILES string of the molecule is O=C(NCC1CCOC1)c1cc(C(O)Cc2c(F)c(F)cc(F)c2F)on1. The average molecular weight is 388 g/mol. The highest BCUT2D eigenvalue weighted by atomic mass is 19.2.